The van der Waals surface area contributed by atoms with Gasteiger partial charge >= 0.3 is 0 Å². The predicted octanol–water partition coefficient (Wildman–Crippen LogP) is 3.03. The van der Waals surface area contributed by atoms with Gasteiger partial charge in [0.2, 0.25) is 0 Å². The van der Waals surface area contributed by atoms with Crippen molar-refractivity contribution in [3.8, 4) is 0 Å². The first-order valence-electron chi connectivity index (χ1n) is 9.32. The number of pyridine rings is 2. The van der Waals surface area contributed by atoms with Crippen molar-refractivity contribution in [3.05, 3.63) is 71.3 Å². The van der Waals surface area contributed by atoms with E-state index in [9.17, 15) is 9.59 Å². The van der Waals surface area contributed by atoms with Gasteiger partial charge in [0, 0.05) is 24.5 Å². The number of hydrogen-bond donors (Lipinski definition) is 2. The van der Waals surface area contributed by atoms with Gasteiger partial charge in [-0.1, -0.05) is 17.7 Å². The van der Waals surface area contributed by atoms with Crippen LogP contribution in [0.2, 0.25) is 0 Å². The van der Waals surface area contributed by atoms with E-state index < -0.39 is 0 Å². The lowest BCUT2D eigenvalue weighted by Gasteiger charge is -2.13. The van der Waals surface area contributed by atoms with Crippen LogP contribution in [0, 0.1) is 0 Å². The highest BCUT2D eigenvalue weighted by Crippen LogP contribution is 2.19. The molecule has 0 saturated carbocycles. The Labute approximate surface area is 159 Å². The normalized spacial score (nSPS) is 13.6. The first-order valence-corrected chi connectivity index (χ1v) is 9.32. The minimum Gasteiger partial charge on any atom is -0.352 e. The van der Waals surface area contributed by atoms with Crippen molar-refractivity contribution in [1.82, 2.24) is 20.6 Å². The Morgan fingerprint density at radius 1 is 1.00 bits per heavy atom. The molecule has 0 aliphatic heterocycles. The van der Waals surface area contributed by atoms with Crippen LogP contribution >= 0.6 is 0 Å². The molecular weight excluding hydrogens is 340 g/mol. The Balaban J connectivity index is 1.51. The van der Waals surface area contributed by atoms with Crippen molar-refractivity contribution < 1.29 is 9.59 Å². The second-order valence-corrected chi connectivity index (χ2v) is 6.55. The molecule has 2 N–H and O–H groups in total. The lowest BCUT2D eigenvalue weighted by atomic mass is 9.97. The van der Waals surface area contributed by atoms with Crippen molar-refractivity contribution in [1.29, 1.82) is 0 Å². The number of carbonyl (C=O) groups is 2. The summed E-state index contributed by atoms with van der Waals surface area (Å²) in [5.74, 6) is -0.518. The number of nitrogens with one attached hydrogen (secondary N) is 2. The summed E-state index contributed by atoms with van der Waals surface area (Å²) >= 11 is 0. The minimum absolute atomic E-state index is 0.187. The zero-order valence-corrected chi connectivity index (χ0v) is 15.3. The Bertz CT molecular complexity index is 818. The molecule has 1 aliphatic rings. The minimum atomic E-state index is -0.331. The van der Waals surface area contributed by atoms with Crippen LogP contribution in [0.25, 0.3) is 0 Å². The summed E-state index contributed by atoms with van der Waals surface area (Å²) in [5, 5.41) is 5.69. The van der Waals surface area contributed by atoms with E-state index in [2.05, 4.69) is 26.7 Å². The molecule has 2 aromatic rings. The number of carbonyl (C=O) groups excluding carboxylic acids is 2. The van der Waals surface area contributed by atoms with Gasteiger partial charge < -0.3 is 10.6 Å². The van der Waals surface area contributed by atoms with Gasteiger partial charge in [-0.3, -0.25) is 19.6 Å². The lowest BCUT2D eigenvalue weighted by molar-refractivity contribution is 0.0945. The summed E-state index contributed by atoms with van der Waals surface area (Å²) in [5.41, 5.74) is 2.84. The smallest absolute Gasteiger partial charge is 0.270 e. The van der Waals surface area contributed by atoms with E-state index >= 15 is 0 Å². The van der Waals surface area contributed by atoms with E-state index in [1.54, 1.807) is 12.3 Å². The third-order valence-corrected chi connectivity index (χ3v) is 4.53. The highest BCUT2D eigenvalue weighted by Gasteiger charge is 2.12. The highest BCUT2D eigenvalue weighted by atomic mass is 16.2. The second-order valence-electron chi connectivity index (χ2n) is 6.55. The zero-order chi connectivity index (χ0) is 18.9. The monoisotopic (exact) mass is 364 g/mol. The summed E-state index contributed by atoms with van der Waals surface area (Å²) in [4.78, 5) is 32.8. The van der Waals surface area contributed by atoms with Crippen molar-refractivity contribution >= 4 is 11.8 Å². The molecule has 6 nitrogen and oxygen atoms in total. The van der Waals surface area contributed by atoms with Gasteiger partial charge in [0.05, 0.1) is 12.2 Å². The maximum atomic E-state index is 12.3. The van der Waals surface area contributed by atoms with Crippen LogP contribution in [0.15, 0.2) is 54.4 Å². The summed E-state index contributed by atoms with van der Waals surface area (Å²) in [6, 6.07) is 8.65. The Hall–Kier alpha value is -3.02. The average molecular weight is 364 g/mol. The molecule has 3 rings (SSSR count). The molecule has 0 atom stereocenters. The molecule has 0 aromatic carbocycles. The standard InChI is InChI=1S/C21H24N4O2/c26-20(24-12-9-16-6-2-1-3-7-16)17-10-13-23-19(14-17)21(27)25-15-18-8-4-5-11-22-18/h4-6,8,10-11,13-14H,1-3,7,9,12,15H2,(H,24,26)(H,25,27). The van der Waals surface area contributed by atoms with E-state index in [0.717, 1.165) is 25.0 Å². The van der Waals surface area contributed by atoms with E-state index in [1.807, 2.05) is 18.2 Å². The highest BCUT2D eigenvalue weighted by molar-refractivity contribution is 5.98. The van der Waals surface area contributed by atoms with E-state index in [4.69, 9.17) is 0 Å². The molecule has 2 heterocycles. The van der Waals surface area contributed by atoms with E-state index in [-0.39, 0.29) is 17.5 Å². The second kappa shape index (κ2) is 9.62. The Kier molecular flexibility index (Phi) is 6.68. The van der Waals surface area contributed by atoms with Crippen molar-refractivity contribution in [2.24, 2.45) is 0 Å². The molecule has 0 unspecified atom stereocenters. The van der Waals surface area contributed by atoms with Crippen molar-refractivity contribution in [3.63, 3.8) is 0 Å². The molecule has 0 saturated heterocycles. The van der Waals surface area contributed by atoms with Crippen molar-refractivity contribution in [2.75, 3.05) is 6.54 Å². The van der Waals surface area contributed by atoms with Crippen molar-refractivity contribution in [2.45, 2.75) is 38.6 Å². The van der Waals surface area contributed by atoms with Crippen LogP contribution in [-0.4, -0.2) is 28.3 Å². The molecular formula is C21H24N4O2. The number of allylic oxidation sites excluding steroid dienone is 1. The molecule has 2 amide bonds. The third-order valence-electron chi connectivity index (χ3n) is 4.53. The SMILES string of the molecule is O=C(NCCC1=CCCCC1)c1ccnc(C(=O)NCc2ccccn2)c1. The van der Waals surface area contributed by atoms with Crippen LogP contribution in [-0.2, 0) is 6.54 Å². The topological polar surface area (TPSA) is 84.0 Å². The van der Waals surface area contributed by atoms with Gasteiger partial charge in [-0.2, -0.15) is 0 Å². The van der Waals surface area contributed by atoms with Crippen LogP contribution < -0.4 is 10.6 Å². The Morgan fingerprint density at radius 3 is 2.70 bits per heavy atom. The van der Waals surface area contributed by atoms with Crippen LogP contribution in [0.3, 0.4) is 0 Å². The molecule has 0 bridgehead atoms. The van der Waals surface area contributed by atoms with Gasteiger partial charge in [-0.15, -0.1) is 0 Å². The Morgan fingerprint density at radius 2 is 1.93 bits per heavy atom. The molecule has 0 spiro atoms. The fourth-order valence-corrected chi connectivity index (χ4v) is 3.03. The summed E-state index contributed by atoms with van der Waals surface area (Å²) in [6.45, 7) is 0.918. The van der Waals surface area contributed by atoms with E-state index in [0.29, 0.717) is 18.7 Å². The lowest BCUT2D eigenvalue weighted by Crippen LogP contribution is -2.27. The first-order chi connectivity index (χ1) is 13.2. The third kappa shape index (κ3) is 5.74. The van der Waals surface area contributed by atoms with Crippen LogP contribution in [0.4, 0.5) is 0 Å². The molecule has 6 heteroatoms. The summed E-state index contributed by atoms with van der Waals surface area (Å²) in [6.07, 6.45) is 11.1. The molecule has 1 aliphatic carbocycles. The summed E-state index contributed by atoms with van der Waals surface area (Å²) in [7, 11) is 0. The largest absolute Gasteiger partial charge is 0.352 e. The maximum absolute atomic E-state index is 12.3. The number of nitrogens with zero attached hydrogens (tertiary/aromatic N) is 2. The maximum Gasteiger partial charge on any atom is 0.270 e. The molecule has 2 aromatic heterocycles. The quantitative estimate of drug-likeness (QED) is 0.740. The number of rotatable bonds is 7. The summed E-state index contributed by atoms with van der Waals surface area (Å²) < 4.78 is 0. The van der Waals surface area contributed by atoms with Gasteiger partial charge in [0.15, 0.2) is 0 Å². The fourth-order valence-electron chi connectivity index (χ4n) is 3.03. The van der Waals surface area contributed by atoms with Crippen LogP contribution in [0.1, 0.15) is 58.6 Å². The number of amides is 2. The van der Waals surface area contributed by atoms with Gasteiger partial charge in [-0.25, -0.2) is 0 Å². The van der Waals surface area contributed by atoms with Gasteiger partial charge in [0.25, 0.3) is 11.8 Å². The zero-order valence-electron chi connectivity index (χ0n) is 15.3. The molecule has 0 radical (unpaired) electrons. The number of hydrogen-bond acceptors (Lipinski definition) is 4. The molecule has 27 heavy (non-hydrogen) atoms. The molecule has 140 valence electrons. The molecule has 0 fully saturated rings. The van der Waals surface area contributed by atoms with Gasteiger partial charge in [-0.05, 0) is 56.4 Å². The first kappa shape index (κ1) is 18.8. The van der Waals surface area contributed by atoms with Gasteiger partial charge in [0.1, 0.15) is 5.69 Å². The average Bonchev–Trinajstić information content (AvgIpc) is 2.73. The number of aromatic nitrogens is 2. The fraction of sp³-hybridized carbons (Fsp3) is 0.333. The van der Waals surface area contributed by atoms with Crippen LogP contribution in [0.5, 0.6) is 0 Å². The predicted molar refractivity (Wildman–Crippen MR) is 103 cm³/mol. The van der Waals surface area contributed by atoms with E-state index in [1.165, 1.54) is 30.7 Å².